The summed E-state index contributed by atoms with van der Waals surface area (Å²) >= 11 is 0. The second-order valence-electron chi connectivity index (χ2n) is 7.86. The molecule has 0 aromatic heterocycles. The fourth-order valence-corrected chi connectivity index (χ4v) is 3.99. The van der Waals surface area contributed by atoms with Crippen LogP contribution >= 0.6 is 0 Å². The van der Waals surface area contributed by atoms with E-state index >= 15 is 0 Å². The second-order valence-corrected chi connectivity index (χ2v) is 7.86. The van der Waals surface area contributed by atoms with Gasteiger partial charge in [-0.1, -0.05) is 75.5 Å². The SMILES string of the molecule is C=C/C=C(\C=C)N(c1ccccc1)c1cc(-c2cccc(C#N)c2)cc(-c2cccc(C#N)c2)c1.CC. The average Bonchev–Trinajstić information content (AvgIpc) is 2.98. The summed E-state index contributed by atoms with van der Waals surface area (Å²) in [6.07, 6.45) is 5.46. The molecule has 0 aliphatic carbocycles. The zero-order valence-corrected chi connectivity index (χ0v) is 21.2. The summed E-state index contributed by atoms with van der Waals surface area (Å²) in [6, 6.07) is 35.9. The number of nitrogens with zero attached hydrogens (tertiary/aromatic N) is 3. The third-order valence-corrected chi connectivity index (χ3v) is 5.60. The van der Waals surface area contributed by atoms with Crippen LogP contribution in [-0.4, -0.2) is 0 Å². The fourth-order valence-electron chi connectivity index (χ4n) is 3.99. The predicted octanol–water partition coefficient (Wildman–Crippen LogP) is 9.18. The Morgan fingerprint density at radius 1 is 0.649 bits per heavy atom. The molecular weight excluding hydrogens is 450 g/mol. The topological polar surface area (TPSA) is 50.8 Å². The first-order valence-corrected chi connectivity index (χ1v) is 12.1. The van der Waals surface area contributed by atoms with Crippen LogP contribution in [-0.2, 0) is 0 Å². The number of nitriles is 2. The highest BCUT2D eigenvalue weighted by molar-refractivity contribution is 5.83. The molecule has 0 amide bonds. The fraction of sp³-hybridized carbons (Fsp3) is 0.0588. The van der Waals surface area contributed by atoms with Crippen LogP contribution in [0.3, 0.4) is 0 Å². The van der Waals surface area contributed by atoms with Crippen molar-refractivity contribution in [2.24, 2.45) is 0 Å². The highest BCUT2D eigenvalue weighted by Gasteiger charge is 2.16. The molecule has 0 unspecified atom stereocenters. The highest BCUT2D eigenvalue weighted by Crippen LogP contribution is 2.37. The maximum Gasteiger partial charge on any atom is 0.0991 e. The van der Waals surface area contributed by atoms with E-state index in [1.54, 1.807) is 24.3 Å². The lowest BCUT2D eigenvalue weighted by atomic mass is 9.95. The number of allylic oxidation sites excluding steroid dienone is 3. The highest BCUT2D eigenvalue weighted by atomic mass is 15.1. The van der Waals surface area contributed by atoms with Crippen LogP contribution in [0.25, 0.3) is 22.3 Å². The molecule has 180 valence electrons. The molecule has 0 atom stereocenters. The molecule has 0 saturated heterocycles. The molecule has 4 aromatic rings. The van der Waals surface area contributed by atoms with Crippen LogP contribution < -0.4 is 4.90 Å². The summed E-state index contributed by atoms with van der Waals surface area (Å²) in [4.78, 5) is 2.12. The van der Waals surface area contributed by atoms with Gasteiger partial charge >= 0.3 is 0 Å². The van der Waals surface area contributed by atoms with E-state index in [-0.39, 0.29) is 0 Å². The molecule has 0 aliphatic rings. The van der Waals surface area contributed by atoms with Crippen molar-refractivity contribution in [1.82, 2.24) is 0 Å². The van der Waals surface area contributed by atoms with Crippen molar-refractivity contribution in [2.45, 2.75) is 13.8 Å². The van der Waals surface area contributed by atoms with Gasteiger partial charge < -0.3 is 4.90 Å². The van der Waals surface area contributed by atoms with E-state index in [2.05, 4.69) is 48.4 Å². The van der Waals surface area contributed by atoms with E-state index in [0.717, 1.165) is 39.3 Å². The first kappa shape index (κ1) is 26.5. The minimum Gasteiger partial charge on any atom is -0.310 e. The standard InChI is InChI=1S/C32H23N3.C2H6/c1-3-10-30(4-2)35(31-15-6-5-7-16-31)32-20-28(26-13-8-11-24(17-26)22-33)19-29(21-32)27-14-9-12-25(18-27)23-34;1-2/h3-21H,1-2H2;1-2H3/b30-10+;. The van der Waals surface area contributed by atoms with Gasteiger partial charge in [-0.3, -0.25) is 0 Å². The molecule has 3 heteroatoms. The second kappa shape index (κ2) is 13.1. The molecule has 0 heterocycles. The summed E-state index contributed by atoms with van der Waals surface area (Å²) in [7, 11) is 0. The first-order chi connectivity index (χ1) is 18.2. The van der Waals surface area contributed by atoms with Gasteiger partial charge in [-0.05, 0) is 89.0 Å². The van der Waals surface area contributed by atoms with Crippen molar-refractivity contribution in [3.63, 3.8) is 0 Å². The summed E-state index contributed by atoms with van der Waals surface area (Å²) in [5.41, 5.74) is 7.74. The zero-order valence-electron chi connectivity index (χ0n) is 21.2. The van der Waals surface area contributed by atoms with Gasteiger partial charge in [0.25, 0.3) is 0 Å². The normalized spacial score (nSPS) is 10.2. The van der Waals surface area contributed by atoms with Gasteiger partial charge in [0.05, 0.1) is 23.3 Å². The number of rotatable bonds is 7. The monoisotopic (exact) mass is 479 g/mol. The smallest absolute Gasteiger partial charge is 0.0991 e. The molecule has 0 N–H and O–H groups in total. The predicted molar refractivity (Wildman–Crippen MR) is 155 cm³/mol. The number of para-hydroxylation sites is 1. The lowest BCUT2D eigenvalue weighted by Gasteiger charge is -2.27. The number of hydrogen-bond acceptors (Lipinski definition) is 3. The average molecular weight is 480 g/mol. The molecule has 0 bridgehead atoms. The van der Waals surface area contributed by atoms with E-state index in [1.807, 2.05) is 86.7 Å². The maximum atomic E-state index is 9.44. The molecule has 4 aromatic carbocycles. The molecule has 3 nitrogen and oxygen atoms in total. The van der Waals surface area contributed by atoms with Gasteiger partial charge in [-0.2, -0.15) is 10.5 Å². The minimum atomic E-state index is 0.596. The molecule has 0 radical (unpaired) electrons. The quantitative estimate of drug-likeness (QED) is 0.248. The van der Waals surface area contributed by atoms with Crippen molar-refractivity contribution < 1.29 is 0 Å². The molecular formula is C34H29N3. The van der Waals surface area contributed by atoms with E-state index in [1.165, 1.54) is 0 Å². The van der Waals surface area contributed by atoms with Crippen molar-refractivity contribution in [3.8, 4) is 34.4 Å². The van der Waals surface area contributed by atoms with E-state index in [4.69, 9.17) is 0 Å². The van der Waals surface area contributed by atoms with E-state index < -0.39 is 0 Å². The van der Waals surface area contributed by atoms with Crippen molar-refractivity contribution >= 4 is 11.4 Å². The maximum absolute atomic E-state index is 9.44. The number of hydrogen-bond donors (Lipinski definition) is 0. The first-order valence-electron chi connectivity index (χ1n) is 12.1. The Kier molecular flexibility index (Phi) is 9.38. The third kappa shape index (κ3) is 6.31. The van der Waals surface area contributed by atoms with Crippen LogP contribution in [0.1, 0.15) is 25.0 Å². The summed E-state index contributed by atoms with van der Waals surface area (Å²) in [6.45, 7) is 11.9. The van der Waals surface area contributed by atoms with Crippen LogP contribution in [0.2, 0.25) is 0 Å². The van der Waals surface area contributed by atoms with Crippen molar-refractivity contribution in [2.75, 3.05) is 4.90 Å². The van der Waals surface area contributed by atoms with Crippen LogP contribution in [0.15, 0.2) is 134 Å². The Morgan fingerprint density at radius 2 is 1.19 bits per heavy atom. The van der Waals surface area contributed by atoms with Gasteiger partial charge in [0, 0.05) is 17.1 Å². The van der Waals surface area contributed by atoms with Gasteiger partial charge in [0.1, 0.15) is 0 Å². The van der Waals surface area contributed by atoms with Crippen LogP contribution in [0.4, 0.5) is 11.4 Å². The van der Waals surface area contributed by atoms with E-state index in [0.29, 0.717) is 11.1 Å². The van der Waals surface area contributed by atoms with Crippen molar-refractivity contribution in [1.29, 1.82) is 10.5 Å². The zero-order chi connectivity index (χ0) is 26.6. The summed E-state index contributed by atoms with van der Waals surface area (Å²) in [5.74, 6) is 0. The van der Waals surface area contributed by atoms with Gasteiger partial charge in [-0.25, -0.2) is 0 Å². The molecule has 0 aliphatic heterocycles. The Balaban J connectivity index is 0.00000186. The Bertz CT molecular complexity index is 1420. The largest absolute Gasteiger partial charge is 0.310 e. The van der Waals surface area contributed by atoms with Gasteiger partial charge in [-0.15, -0.1) is 0 Å². The minimum absolute atomic E-state index is 0.596. The number of benzene rings is 4. The molecule has 0 spiro atoms. The van der Waals surface area contributed by atoms with Gasteiger partial charge in [0.2, 0.25) is 0 Å². The lowest BCUT2D eigenvalue weighted by molar-refractivity contribution is 1.21. The lowest BCUT2D eigenvalue weighted by Crippen LogP contribution is -2.15. The Morgan fingerprint density at radius 3 is 1.65 bits per heavy atom. The summed E-state index contributed by atoms with van der Waals surface area (Å²) in [5, 5.41) is 18.9. The molecule has 0 fully saturated rings. The third-order valence-electron chi connectivity index (χ3n) is 5.60. The Labute approximate surface area is 220 Å². The molecule has 0 saturated carbocycles. The van der Waals surface area contributed by atoms with Crippen LogP contribution in [0.5, 0.6) is 0 Å². The number of anilines is 2. The van der Waals surface area contributed by atoms with E-state index in [9.17, 15) is 10.5 Å². The van der Waals surface area contributed by atoms with Crippen LogP contribution in [0, 0.1) is 22.7 Å². The Hall–Kier alpha value is -5.12. The molecule has 37 heavy (non-hydrogen) atoms. The van der Waals surface area contributed by atoms with Crippen molar-refractivity contribution in [3.05, 3.63) is 145 Å². The van der Waals surface area contributed by atoms with Gasteiger partial charge in [0.15, 0.2) is 0 Å². The molecule has 4 rings (SSSR count). The summed E-state index contributed by atoms with van der Waals surface area (Å²) < 4.78 is 0.